The van der Waals surface area contributed by atoms with E-state index in [1.807, 2.05) is 0 Å². The van der Waals surface area contributed by atoms with Gasteiger partial charge in [-0.3, -0.25) is 0 Å². The molecule has 0 heterocycles. The van der Waals surface area contributed by atoms with Gasteiger partial charge in [0.15, 0.2) is 0 Å². The normalized spacial score (nSPS) is 23.4. The highest BCUT2D eigenvalue weighted by Gasteiger charge is 2.51. The van der Waals surface area contributed by atoms with Crippen molar-refractivity contribution < 1.29 is 0 Å². The zero-order chi connectivity index (χ0) is 11.7. The average molecular weight is 229 g/mol. The van der Waals surface area contributed by atoms with Crippen molar-refractivity contribution in [1.82, 2.24) is 5.32 Å². The Balaban J connectivity index is 1.79. The molecular weight excluding hydrogens is 206 g/mol. The smallest absolute Gasteiger partial charge is 0.0166 e. The lowest BCUT2D eigenvalue weighted by molar-refractivity contribution is 0.383. The third-order valence-corrected chi connectivity index (χ3v) is 4.52. The van der Waals surface area contributed by atoms with Gasteiger partial charge >= 0.3 is 0 Å². The molecule has 2 saturated carbocycles. The Hall–Kier alpha value is -0.820. The second kappa shape index (κ2) is 4.45. The van der Waals surface area contributed by atoms with E-state index in [-0.39, 0.29) is 0 Å². The molecule has 0 spiro atoms. The van der Waals surface area contributed by atoms with Gasteiger partial charge in [0.25, 0.3) is 0 Å². The van der Waals surface area contributed by atoms with Crippen LogP contribution in [-0.4, -0.2) is 12.6 Å². The van der Waals surface area contributed by atoms with E-state index in [4.69, 9.17) is 0 Å². The molecule has 1 atom stereocenters. The summed E-state index contributed by atoms with van der Waals surface area (Å²) in [5, 5.41) is 3.76. The molecule has 2 aliphatic carbocycles. The van der Waals surface area contributed by atoms with Gasteiger partial charge in [-0.2, -0.15) is 0 Å². The van der Waals surface area contributed by atoms with Crippen molar-refractivity contribution in [1.29, 1.82) is 0 Å². The second-order valence-corrected chi connectivity index (χ2v) is 5.81. The summed E-state index contributed by atoms with van der Waals surface area (Å²) < 4.78 is 0. The van der Waals surface area contributed by atoms with Crippen LogP contribution in [0.15, 0.2) is 30.3 Å². The van der Waals surface area contributed by atoms with Crippen LogP contribution in [0.4, 0.5) is 0 Å². The Morgan fingerprint density at radius 1 is 1.24 bits per heavy atom. The number of nitrogens with one attached hydrogen (secondary N) is 1. The maximum absolute atomic E-state index is 3.76. The van der Waals surface area contributed by atoms with Gasteiger partial charge < -0.3 is 5.32 Å². The first-order valence-corrected chi connectivity index (χ1v) is 7.14. The summed E-state index contributed by atoms with van der Waals surface area (Å²) in [5.74, 6) is 1.01. The molecule has 0 aromatic heterocycles. The molecule has 1 nitrogen and oxygen atoms in total. The molecule has 1 heteroatoms. The fourth-order valence-corrected chi connectivity index (χ4v) is 3.18. The summed E-state index contributed by atoms with van der Waals surface area (Å²) in [6.45, 7) is 3.34. The summed E-state index contributed by atoms with van der Waals surface area (Å²) in [6, 6.07) is 11.9. The van der Waals surface area contributed by atoms with E-state index in [1.54, 1.807) is 5.56 Å². The summed E-state index contributed by atoms with van der Waals surface area (Å²) in [6.07, 6.45) is 7.07. The van der Waals surface area contributed by atoms with Crippen LogP contribution in [0.5, 0.6) is 0 Å². The van der Waals surface area contributed by atoms with Gasteiger partial charge in [0, 0.05) is 11.5 Å². The Bertz CT molecular complexity index is 362. The predicted molar refractivity (Wildman–Crippen MR) is 72.2 cm³/mol. The van der Waals surface area contributed by atoms with Gasteiger partial charge in [-0.1, -0.05) is 50.1 Å². The van der Waals surface area contributed by atoms with Crippen molar-refractivity contribution in [2.24, 2.45) is 5.92 Å². The van der Waals surface area contributed by atoms with Gasteiger partial charge in [0.1, 0.15) is 0 Å². The zero-order valence-corrected chi connectivity index (χ0v) is 10.8. The van der Waals surface area contributed by atoms with Crippen LogP contribution in [0.3, 0.4) is 0 Å². The highest BCUT2D eigenvalue weighted by molar-refractivity contribution is 5.34. The molecule has 0 saturated heterocycles. The monoisotopic (exact) mass is 229 g/mol. The van der Waals surface area contributed by atoms with Crippen LogP contribution in [0.1, 0.15) is 44.6 Å². The van der Waals surface area contributed by atoms with Crippen molar-refractivity contribution in [2.75, 3.05) is 6.54 Å². The standard InChI is InChI=1S/C16H23N/c1-2-17-15(12-13-8-9-13)16(10-11-16)14-6-4-3-5-7-14/h3-7,13,15,17H,2,8-12H2,1H3. The molecule has 0 bridgehead atoms. The number of hydrogen-bond acceptors (Lipinski definition) is 1. The SMILES string of the molecule is CCNC(CC1CC1)C1(c2ccccc2)CC1. The summed E-state index contributed by atoms with van der Waals surface area (Å²) in [4.78, 5) is 0. The largest absolute Gasteiger partial charge is 0.313 e. The maximum atomic E-state index is 3.76. The molecule has 0 radical (unpaired) electrons. The molecule has 3 rings (SSSR count). The van der Waals surface area contributed by atoms with E-state index in [0.717, 1.165) is 12.5 Å². The molecule has 0 aliphatic heterocycles. The first-order valence-electron chi connectivity index (χ1n) is 7.14. The van der Waals surface area contributed by atoms with E-state index in [1.165, 1.54) is 32.1 Å². The van der Waals surface area contributed by atoms with E-state index in [9.17, 15) is 0 Å². The Labute approximate surface area is 105 Å². The fraction of sp³-hybridized carbons (Fsp3) is 0.625. The van der Waals surface area contributed by atoms with Crippen molar-refractivity contribution in [3.05, 3.63) is 35.9 Å². The van der Waals surface area contributed by atoms with E-state index < -0.39 is 0 Å². The van der Waals surface area contributed by atoms with Crippen molar-refractivity contribution in [2.45, 2.75) is 50.5 Å². The fourth-order valence-electron chi connectivity index (χ4n) is 3.18. The first kappa shape index (κ1) is 11.3. The minimum Gasteiger partial charge on any atom is -0.313 e. The lowest BCUT2D eigenvalue weighted by Crippen LogP contribution is -2.40. The van der Waals surface area contributed by atoms with Crippen molar-refractivity contribution in [3.8, 4) is 0 Å². The summed E-state index contributed by atoms with van der Waals surface area (Å²) in [7, 11) is 0. The second-order valence-electron chi connectivity index (χ2n) is 5.81. The summed E-state index contributed by atoms with van der Waals surface area (Å²) in [5.41, 5.74) is 2.03. The number of likely N-dealkylation sites (N-methyl/N-ethyl adjacent to an activating group) is 1. The first-order chi connectivity index (χ1) is 8.35. The van der Waals surface area contributed by atoms with Crippen LogP contribution in [0, 0.1) is 5.92 Å². The van der Waals surface area contributed by atoms with Crippen LogP contribution < -0.4 is 5.32 Å². The third kappa shape index (κ3) is 2.26. The Morgan fingerprint density at radius 3 is 2.47 bits per heavy atom. The molecule has 0 amide bonds. The molecule has 1 N–H and O–H groups in total. The van der Waals surface area contributed by atoms with E-state index >= 15 is 0 Å². The zero-order valence-electron chi connectivity index (χ0n) is 10.8. The van der Waals surface area contributed by atoms with Gasteiger partial charge in [0.05, 0.1) is 0 Å². The Morgan fingerprint density at radius 2 is 1.94 bits per heavy atom. The molecule has 1 aromatic rings. The quantitative estimate of drug-likeness (QED) is 0.787. The maximum Gasteiger partial charge on any atom is 0.0166 e. The molecule has 92 valence electrons. The molecule has 2 aliphatic rings. The van der Waals surface area contributed by atoms with Gasteiger partial charge in [-0.05, 0) is 37.3 Å². The lowest BCUT2D eigenvalue weighted by Gasteiger charge is -2.28. The van der Waals surface area contributed by atoms with Crippen LogP contribution in [0.25, 0.3) is 0 Å². The Kier molecular flexibility index (Phi) is 2.96. The van der Waals surface area contributed by atoms with Crippen molar-refractivity contribution in [3.63, 3.8) is 0 Å². The van der Waals surface area contributed by atoms with Crippen LogP contribution >= 0.6 is 0 Å². The van der Waals surface area contributed by atoms with Gasteiger partial charge in [-0.25, -0.2) is 0 Å². The molecular formula is C16H23N. The highest BCUT2D eigenvalue weighted by Crippen LogP contribution is 2.53. The molecule has 1 unspecified atom stereocenters. The molecule has 1 aromatic carbocycles. The van der Waals surface area contributed by atoms with Crippen molar-refractivity contribution >= 4 is 0 Å². The van der Waals surface area contributed by atoms with Crippen LogP contribution in [-0.2, 0) is 5.41 Å². The van der Waals surface area contributed by atoms with E-state index in [0.29, 0.717) is 11.5 Å². The number of hydrogen-bond donors (Lipinski definition) is 1. The predicted octanol–water partition coefficient (Wildman–Crippen LogP) is 3.50. The van der Waals surface area contributed by atoms with Crippen LogP contribution in [0.2, 0.25) is 0 Å². The topological polar surface area (TPSA) is 12.0 Å². The minimum atomic E-state index is 0.472. The number of benzene rings is 1. The summed E-state index contributed by atoms with van der Waals surface area (Å²) >= 11 is 0. The minimum absolute atomic E-state index is 0.472. The lowest BCUT2D eigenvalue weighted by atomic mass is 9.85. The average Bonchev–Trinajstić information content (AvgIpc) is 3.25. The van der Waals surface area contributed by atoms with Gasteiger partial charge in [0.2, 0.25) is 0 Å². The van der Waals surface area contributed by atoms with Gasteiger partial charge in [-0.15, -0.1) is 0 Å². The number of rotatable bonds is 6. The third-order valence-electron chi connectivity index (χ3n) is 4.52. The molecule has 2 fully saturated rings. The van der Waals surface area contributed by atoms with E-state index in [2.05, 4.69) is 42.6 Å². The highest BCUT2D eigenvalue weighted by atomic mass is 14.9. The molecule has 17 heavy (non-hydrogen) atoms.